The molecule has 1 nitrogen and oxygen atoms in total. The van der Waals surface area contributed by atoms with E-state index in [9.17, 15) is 4.39 Å². The van der Waals surface area contributed by atoms with Crippen molar-refractivity contribution in [2.45, 2.75) is 31.7 Å². The van der Waals surface area contributed by atoms with Crippen LogP contribution >= 0.6 is 15.9 Å². The lowest BCUT2D eigenvalue weighted by atomic mass is 10.0. The maximum absolute atomic E-state index is 13.0. The van der Waals surface area contributed by atoms with E-state index in [2.05, 4.69) is 15.9 Å². The smallest absolute Gasteiger partial charge is 0.137 e. The summed E-state index contributed by atoms with van der Waals surface area (Å²) in [4.78, 5) is 0. The van der Waals surface area contributed by atoms with Gasteiger partial charge >= 0.3 is 0 Å². The van der Waals surface area contributed by atoms with E-state index < -0.39 is 0 Å². The number of halogens is 2. The molecule has 1 fully saturated rings. The zero-order valence-corrected chi connectivity index (χ0v) is 10.1. The molecular formula is C12H15BrFN. The van der Waals surface area contributed by atoms with Crippen LogP contribution in [0.3, 0.4) is 0 Å². The van der Waals surface area contributed by atoms with Crippen molar-refractivity contribution in [1.82, 2.24) is 0 Å². The van der Waals surface area contributed by atoms with Crippen molar-refractivity contribution in [3.8, 4) is 0 Å². The van der Waals surface area contributed by atoms with E-state index in [1.165, 1.54) is 25.3 Å². The molecule has 1 aliphatic rings. The van der Waals surface area contributed by atoms with Gasteiger partial charge < -0.3 is 5.73 Å². The van der Waals surface area contributed by atoms with Gasteiger partial charge in [0.1, 0.15) is 5.82 Å². The van der Waals surface area contributed by atoms with Gasteiger partial charge in [-0.15, -0.1) is 0 Å². The highest BCUT2D eigenvalue weighted by molar-refractivity contribution is 9.10. The van der Waals surface area contributed by atoms with E-state index >= 15 is 0 Å². The number of nitrogens with two attached hydrogens (primary N) is 1. The minimum atomic E-state index is -0.229. The molecule has 82 valence electrons. The van der Waals surface area contributed by atoms with Crippen LogP contribution in [0.15, 0.2) is 22.7 Å². The van der Waals surface area contributed by atoms with Gasteiger partial charge in [0.05, 0.1) is 4.47 Å². The van der Waals surface area contributed by atoms with Crippen LogP contribution in [-0.2, 0) is 0 Å². The molecule has 1 saturated carbocycles. The molecule has 3 heteroatoms. The molecule has 15 heavy (non-hydrogen) atoms. The third-order valence-corrected chi connectivity index (χ3v) is 3.56. The van der Waals surface area contributed by atoms with Gasteiger partial charge in [0, 0.05) is 6.04 Å². The fraction of sp³-hybridized carbons (Fsp3) is 0.500. The second-order valence-corrected chi connectivity index (χ2v) is 5.16. The van der Waals surface area contributed by atoms with Crippen LogP contribution in [0.2, 0.25) is 0 Å². The first-order chi connectivity index (χ1) is 7.16. The summed E-state index contributed by atoms with van der Waals surface area (Å²) < 4.78 is 13.5. The van der Waals surface area contributed by atoms with Gasteiger partial charge in [-0.1, -0.05) is 18.9 Å². The molecule has 0 bridgehead atoms. The molecule has 1 aliphatic carbocycles. The van der Waals surface area contributed by atoms with E-state index in [1.54, 1.807) is 12.1 Å². The maximum atomic E-state index is 13.0. The predicted molar refractivity (Wildman–Crippen MR) is 63.0 cm³/mol. The zero-order valence-electron chi connectivity index (χ0n) is 8.55. The first-order valence-corrected chi connectivity index (χ1v) is 6.16. The maximum Gasteiger partial charge on any atom is 0.137 e. The van der Waals surface area contributed by atoms with Crippen molar-refractivity contribution in [2.24, 2.45) is 11.7 Å². The third kappa shape index (κ3) is 3.02. The Hall–Kier alpha value is -0.410. The highest BCUT2D eigenvalue weighted by Crippen LogP contribution is 2.35. The first-order valence-electron chi connectivity index (χ1n) is 5.37. The van der Waals surface area contributed by atoms with Crippen LogP contribution in [0.25, 0.3) is 0 Å². The Morgan fingerprint density at radius 2 is 2.20 bits per heavy atom. The highest BCUT2D eigenvalue weighted by atomic mass is 79.9. The predicted octanol–water partition coefficient (Wildman–Crippen LogP) is 3.78. The SMILES string of the molecule is NC(CCC1CC1)c1ccc(F)c(Br)c1. The molecule has 0 radical (unpaired) electrons. The van der Waals surface area contributed by atoms with Crippen molar-refractivity contribution in [3.63, 3.8) is 0 Å². The van der Waals surface area contributed by atoms with Crippen molar-refractivity contribution < 1.29 is 4.39 Å². The fourth-order valence-electron chi connectivity index (χ4n) is 1.73. The zero-order chi connectivity index (χ0) is 10.8. The summed E-state index contributed by atoms with van der Waals surface area (Å²) in [6.45, 7) is 0. The van der Waals surface area contributed by atoms with Gasteiger partial charge in [0.15, 0.2) is 0 Å². The molecule has 2 rings (SSSR count). The van der Waals surface area contributed by atoms with Gasteiger partial charge in [-0.2, -0.15) is 0 Å². The van der Waals surface area contributed by atoms with Gasteiger partial charge in [-0.3, -0.25) is 0 Å². The Bertz CT molecular complexity index is 349. The molecule has 1 aromatic rings. The molecule has 0 saturated heterocycles. The molecular weight excluding hydrogens is 257 g/mol. The van der Waals surface area contributed by atoms with Crippen LogP contribution in [0, 0.1) is 11.7 Å². The summed E-state index contributed by atoms with van der Waals surface area (Å²) >= 11 is 3.18. The first kappa shape index (κ1) is 11.1. The van der Waals surface area contributed by atoms with Crippen molar-refractivity contribution >= 4 is 15.9 Å². The minimum Gasteiger partial charge on any atom is -0.324 e. The number of hydrogen-bond donors (Lipinski definition) is 1. The van der Waals surface area contributed by atoms with E-state index in [0.717, 1.165) is 17.9 Å². The molecule has 1 aromatic carbocycles. The molecule has 0 spiro atoms. The Balaban J connectivity index is 1.97. The molecule has 0 aliphatic heterocycles. The van der Waals surface area contributed by atoms with Gasteiger partial charge in [0.25, 0.3) is 0 Å². The molecule has 0 amide bonds. The summed E-state index contributed by atoms with van der Waals surface area (Å²) in [5.74, 6) is 0.674. The van der Waals surface area contributed by atoms with Gasteiger partial charge in [0.2, 0.25) is 0 Å². The second kappa shape index (κ2) is 4.62. The van der Waals surface area contributed by atoms with Crippen LogP contribution in [0.5, 0.6) is 0 Å². The summed E-state index contributed by atoms with van der Waals surface area (Å²) in [7, 11) is 0. The lowest BCUT2D eigenvalue weighted by Gasteiger charge is -2.12. The summed E-state index contributed by atoms with van der Waals surface area (Å²) in [5, 5.41) is 0. The van der Waals surface area contributed by atoms with E-state index in [4.69, 9.17) is 5.73 Å². The van der Waals surface area contributed by atoms with Crippen LogP contribution in [-0.4, -0.2) is 0 Å². The molecule has 0 aromatic heterocycles. The van der Waals surface area contributed by atoms with E-state index in [-0.39, 0.29) is 11.9 Å². The van der Waals surface area contributed by atoms with Crippen LogP contribution < -0.4 is 5.73 Å². The number of hydrogen-bond acceptors (Lipinski definition) is 1. The number of benzene rings is 1. The number of rotatable bonds is 4. The van der Waals surface area contributed by atoms with Crippen molar-refractivity contribution in [2.75, 3.05) is 0 Å². The minimum absolute atomic E-state index is 0.0440. The molecule has 1 unspecified atom stereocenters. The average molecular weight is 272 g/mol. The van der Waals surface area contributed by atoms with Crippen LogP contribution in [0.1, 0.15) is 37.3 Å². The average Bonchev–Trinajstić information content (AvgIpc) is 3.02. The topological polar surface area (TPSA) is 26.0 Å². The second-order valence-electron chi connectivity index (χ2n) is 4.30. The quantitative estimate of drug-likeness (QED) is 0.886. The molecule has 0 heterocycles. The Labute approximate surface area is 98.0 Å². The van der Waals surface area contributed by atoms with E-state index in [1.807, 2.05) is 0 Å². The summed E-state index contributed by atoms with van der Waals surface area (Å²) in [5.41, 5.74) is 7.06. The Morgan fingerprint density at radius 3 is 2.80 bits per heavy atom. The van der Waals surface area contributed by atoms with Gasteiger partial charge in [-0.25, -0.2) is 4.39 Å². The lowest BCUT2D eigenvalue weighted by Crippen LogP contribution is -2.10. The van der Waals surface area contributed by atoms with Gasteiger partial charge in [-0.05, 0) is 52.4 Å². The third-order valence-electron chi connectivity index (χ3n) is 2.95. The van der Waals surface area contributed by atoms with E-state index in [0.29, 0.717) is 4.47 Å². The summed E-state index contributed by atoms with van der Waals surface area (Å²) in [6.07, 6.45) is 4.93. The molecule has 1 atom stereocenters. The highest BCUT2D eigenvalue weighted by Gasteiger charge is 2.22. The Kier molecular flexibility index (Phi) is 3.42. The largest absolute Gasteiger partial charge is 0.324 e. The van der Waals surface area contributed by atoms with Crippen molar-refractivity contribution in [1.29, 1.82) is 0 Å². The lowest BCUT2D eigenvalue weighted by molar-refractivity contribution is 0.571. The monoisotopic (exact) mass is 271 g/mol. The molecule has 2 N–H and O–H groups in total. The summed E-state index contributed by atoms with van der Waals surface area (Å²) in [6, 6.07) is 5.07. The van der Waals surface area contributed by atoms with Crippen LogP contribution in [0.4, 0.5) is 4.39 Å². The standard InChI is InChI=1S/C12H15BrFN/c13-10-7-9(4-5-11(10)14)12(15)6-3-8-1-2-8/h4-5,7-8,12H,1-3,6,15H2. The van der Waals surface area contributed by atoms with Crippen molar-refractivity contribution in [3.05, 3.63) is 34.1 Å². The fourth-order valence-corrected chi connectivity index (χ4v) is 2.13. The normalized spacial score (nSPS) is 17.8. The Morgan fingerprint density at radius 1 is 1.47 bits per heavy atom.